The second kappa shape index (κ2) is 71.6. The van der Waals surface area contributed by atoms with Crippen molar-refractivity contribution < 1.29 is 24.5 Å². The van der Waals surface area contributed by atoms with Gasteiger partial charge in [-0.2, -0.15) is 0 Å². The van der Waals surface area contributed by atoms with Gasteiger partial charge >= 0.3 is 5.97 Å². The zero-order valence-electron chi connectivity index (χ0n) is 55.5. The van der Waals surface area contributed by atoms with Crippen LogP contribution in [0.15, 0.2) is 36.5 Å². The van der Waals surface area contributed by atoms with Gasteiger partial charge in [0.05, 0.1) is 25.4 Å². The number of carbonyl (C=O) groups is 2. The molecular weight excluding hydrogens is 1010 g/mol. The van der Waals surface area contributed by atoms with Crippen molar-refractivity contribution >= 4 is 11.9 Å². The third kappa shape index (κ3) is 67.2. The molecular formula is C76H145NO5. The van der Waals surface area contributed by atoms with Crippen LogP contribution in [0.3, 0.4) is 0 Å². The van der Waals surface area contributed by atoms with E-state index in [1.54, 1.807) is 0 Å². The minimum absolute atomic E-state index is 0.00448. The zero-order valence-corrected chi connectivity index (χ0v) is 55.5. The van der Waals surface area contributed by atoms with Crippen LogP contribution in [0.2, 0.25) is 0 Å². The van der Waals surface area contributed by atoms with Gasteiger partial charge in [-0.05, 0) is 83.5 Å². The smallest absolute Gasteiger partial charge is 0.305 e. The molecule has 0 aromatic rings. The number of nitrogens with one attached hydrogen (secondary N) is 1. The lowest BCUT2D eigenvalue weighted by Gasteiger charge is -2.22. The van der Waals surface area contributed by atoms with Crippen LogP contribution in [-0.2, 0) is 14.3 Å². The molecule has 6 heteroatoms. The molecule has 0 aliphatic carbocycles. The molecule has 0 heterocycles. The van der Waals surface area contributed by atoms with E-state index in [2.05, 4.69) is 55.6 Å². The topological polar surface area (TPSA) is 95.9 Å². The molecule has 0 saturated heterocycles. The lowest BCUT2D eigenvalue weighted by atomic mass is 10.0. The van der Waals surface area contributed by atoms with E-state index < -0.39 is 12.1 Å². The van der Waals surface area contributed by atoms with E-state index in [4.69, 9.17) is 4.74 Å². The Morgan fingerprint density at radius 3 is 0.963 bits per heavy atom. The van der Waals surface area contributed by atoms with Crippen molar-refractivity contribution in [2.24, 2.45) is 0 Å². The summed E-state index contributed by atoms with van der Waals surface area (Å²) >= 11 is 0. The molecule has 0 rings (SSSR count). The van der Waals surface area contributed by atoms with Crippen molar-refractivity contribution in [1.29, 1.82) is 0 Å². The maximum atomic E-state index is 12.6. The monoisotopic (exact) mass is 1150 g/mol. The van der Waals surface area contributed by atoms with Gasteiger partial charge < -0.3 is 20.3 Å². The predicted octanol–water partition coefficient (Wildman–Crippen LogP) is 24.3. The third-order valence-electron chi connectivity index (χ3n) is 17.4. The molecule has 0 saturated carbocycles. The molecule has 0 aliphatic heterocycles. The molecule has 0 aromatic heterocycles. The van der Waals surface area contributed by atoms with Crippen LogP contribution in [0.5, 0.6) is 0 Å². The Labute approximate surface area is 513 Å². The molecule has 6 nitrogen and oxygen atoms in total. The summed E-state index contributed by atoms with van der Waals surface area (Å²) in [5, 5.41) is 23.4. The molecule has 0 aromatic carbocycles. The predicted molar refractivity (Wildman–Crippen MR) is 361 cm³/mol. The van der Waals surface area contributed by atoms with Gasteiger partial charge in [0.15, 0.2) is 0 Å². The number of carbonyl (C=O) groups excluding carboxylic acids is 2. The third-order valence-corrected chi connectivity index (χ3v) is 17.4. The Balaban J connectivity index is 3.38. The van der Waals surface area contributed by atoms with Gasteiger partial charge in [-0.25, -0.2) is 0 Å². The van der Waals surface area contributed by atoms with Crippen LogP contribution in [-0.4, -0.2) is 47.4 Å². The zero-order chi connectivity index (χ0) is 59.2. The van der Waals surface area contributed by atoms with E-state index >= 15 is 0 Å². The molecule has 0 radical (unpaired) electrons. The Morgan fingerprint density at radius 1 is 0.341 bits per heavy atom. The summed E-state index contributed by atoms with van der Waals surface area (Å²) in [7, 11) is 0. The first kappa shape index (κ1) is 80.1. The Bertz CT molecular complexity index is 1330. The standard InChI is InChI=1S/C76H145NO5/c1-3-5-7-9-11-13-15-17-18-19-20-36-39-42-45-48-52-56-60-64-68-74(79)73(72-78)77-75(80)69-65-61-57-53-49-46-43-40-37-34-32-30-28-26-24-22-21-23-25-27-29-31-33-35-38-41-44-47-51-55-59-63-67-71-82-76(81)70-66-62-58-54-50-16-14-12-10-8-6-4-2/h12,14,25,27,31,33,73-74,78-79H,3-11,13,15-24,26,28-30,32,34-72H2,1-2H3,(H,77,80)/b14-12-,27-25-,33-31-. The SMILES string of the molecule is CCCCC/C=C\CCCCCCCC(=O)OCCCCCCCCCCC/C=C\C/C=C\CCCCCCCCCCCCCCCCCCCC(=O)NC(CO)C(O)CCCCCCCCCCCCCCCCCCCCCC. The summed E-state index contributed by atoms with van der Waals surface area (Å²) in [4.78, 5) is 24.6. The largest absolute Gasteiger partial charge is 0.466 e. The van der Waals surface area contributed by atoms with Crippen molar-refractivity contribution in [2.45, 2.75) is 424 Å². The number of hydrogen-bond acceptors (Lipinski definition) is 5. The van der Waals surface area contributed by atoms with Gasteiger partial charge in [0.25, 0.3) is 0 Å². The first-order valence-electron chi connectivity index (χ1n) is 37.2. The molecule has 0 bridgehead atoms. The number of allylic oxidation sites excluding steroid dienone is 6. The van der Waals surface area contributed by atoms with Gasteiger partial charge in [-0.3, -0.25) is 9.59 Å². The van der Waals surface area contributed by atoms with Crippen LogP contribution < -0.4 is 5.32 Å². The second-order valence-corrected chi connectivity index (χ2v) is 25.6. The van der Waals surface area contributed by atoms with Crippen LogP contribution in [0.1, 0.15) is 412 Å². The van der Waals surface area contributed by atoms with E-state index in [1.165, 1.54) is 327 Å². The van der Waals surface area contributed by atoms with Crippen molar-refractivity contribution in [3.8, 4) is 0 Å². The molecule has 82 heavy (non-hydrogen) atoms. The summed E-state index contributed by atoms with van der Waals surface area (Å²) in [6.07, 6.45) is 92.1. The number of amides is 1. The Morgan fingerprint density at radius 2 is 0.610 bits per heavy atom. The fourth-order valence-electron chi connectivity index (χ4n) is 11.7. The maximum absolute atomic E-state index is 12.6. The summed E-state index contributed by atoms with van der Waals surface area (Å²) in [5.41, 5.74) is 0. The normalized spacial score (nSPS) is 12.7. The number of rotatable bonds is 70. The van der Waals surface area contributed by atoms with E-state index in [1.807, 2.05) is 0 Å². The van der Waals surface area contributed by atoms with Gasteiger partial charge in [0.1, 0.15) is 0 Å². The molecule has 0 fully saturated rings. The number of unbranched alkanes of at least 4 members (excludes halogenated alkanes) is 53. The Kier molecular flexibility index (Phi) is 69.9. The Hall–Kier alpha value is -1.92. The highest BCUT2D eigenvalue weighted by molar-refractivity contribution is 5.76. The number of hydrogen-bond donors (Lipinski definition) is 3. The quantitative estimate of drug-likeness (QED) is 0.0320. The van der Waals surface area contributed by atoms with E-state index in [9.17, 15) is 19.8 Å². The average Bonchev–Trinajstić information content (AvgIpc) is 3.48. The van der Waals surface area contributed by atoms with Gasteiger partial charge in [-0.1, -0.05) is 352 Å². The molecule has 0 spiro atoms. The van der Waals surface area contributed by atoms with E-state index in [0.29, 0.717) is 25.9 Å². The summed E-state index contributed by atoms with van der Waals surface area (Å²) in [6, 6.07) is -0.541. The fraction of sp³-hybridized carbons (Fsp3) is 0.895. The van der Waals surface area contributed by atoms with Crippen LogP contribution in [0.25, 0.3) is 0 Å². The first-order valence-corrected chi connectivity index (χ1v) is 37.2. The molecule has 1 amide bonds. The number of ether oxygens (including phenoxy) is 1. The number of esters is 1. The summed E-state index contributed by atoms with van der Waals surface area (Å²) in [6.45, 7) is 4.96. The first-order chi connectivity index (χ1) is 40.5. The fourth-order valence-corrected chi connectivity index (χ4v) is 11.7. The van der Waals surface area contributed by atoms with Crippen LogP contribution in [0, 0.1) is 0 Å². The number of aliphatic hydroxyl groups excluding tert-OH is 2. The highest BCUT2D eigenvalue weighted by atomic mass is 16.5. The lowest BCUT2D eigenvalue weighted by Crippen LogP contribution is -2.45. The average molecular weight is 1150 g/mol. The maximum Gasteiger partial charge on any atom is 0.305 e. The van der Waals surface area contributed by atoms with Gasteiger partial charge in [-0.15, -0.1) is 0 Å². The molecule has 2 atom stereocenters. The second-order valence-electron chi connectivity index (χ2n) is 25.6. The van der Waals surface area contributed by atoms with Gasteiger partial charge in [0.2, 0.25) is 5.91 Å². The minimum atomic E-state index is -0.664. The molecule has 0 aliphatic rings. The van der Waals surface area contributed by atoms with Crippen LogP contribution in [0.4, 0.5) is 0 Å². The summed E-state index contributed by atoms with van der Waals surface area (Å²) < 4.78 is 5.47. The highest BCUT2D eigenvalue weighted by Gasteiger charge is 2.20. The lowest BCUT2D eigenvalue weighted by molar-refractivity contribution is -0.143. The van der Waals surface area contributed by atoms with Crippen molar-refractivity contribution in [3.05, 3.63) is 36.5 Å². The number of aliphatic hydroxyl groups is 2. The van der Waals surface area contributed by atoms with Crippen molar-refractivity contribution in [2.75, 3.05) is 13.2 Å². The molecule has 3 N–H and O–H groups in total. The molecule has 2 unspecified atom stereocenters. The summed E-state index contributed by atoms with van der Waals surface area (Å²) in [5.74, 6) is -0.0243. The van der Waals surface area contributed by atoms with Crippen molar-refractivity contribution in [3.63, 3.8) is 0 Å². The molecule has 484 valence electrons. The van der Waals surface area contributed by atoms with Gasteiger partial charge in [0, 0.05) is 12.8 Å². The van der Waals surface area contributed by atoms with E-state index in [0.717, 1.165) is 51.4 Å². The highest BCUT2D eigenvalue weighted by Crippen LogP contribution is 2.19. The van der Waals surface area contributed by atoms with Crippen LogP contribution >= 0.6 is 0 Å². The minimum Gasteiger partial charge on any atom is -0.466 e. The van der Waals surface area contributed by atoms with Crippen molar-refractivity contribution in [1.82, 2.24) is 5.32 Å². The van der Waals surface area contributed by atoms with E-state index in [-0.39, 0.29) is 18.5 Å².